The second-order valence-corrected chi connectivity index (χ2v) is 3.94. The fourth-order valence-electron chi connectivity index (χ4n) is 1.78. The molecule has 1 N–H and O–H groups in total. The molecule has 0 fully saturated rings. The van der Waals surface area contributed by atoms with Crippen LogP contribution in [0.2, 0.25) is 0 Å². The van der Waals surface area contributed by atoms with E-state index in [0.717, 1.165) is 11.1 Å². The van der Waals surface area contributed by atoms with Crippen molar-refractivity contribution < 1.29 is 24.2 Å². The Morgan fingerprint density at radius 2 is 1.30 bits per heavy atom. The van der Waals surface area contributed by atoms with Crippen LogP contribution in [0.4, 0.5) is 9.59 Å². The van der Waals surface area contributed by atoms with Crippen LogP contribution in [-0.2, 0) is 9.47 Å². The molecule has 0 aliphatic carbocycles. The van der Waals surface area contributed by atoms with Gasteiger partial charge >= 0.3 is 12.3 Å². The Morgan fingerprint density at radius 3 is 1.70 bits per heavy atom. The fraction of sp³-hybridized carbons (Fsp3) is 0.0667. The lowest BCUT2D eigenvalue weighted by Gasteiger charge is -2.17. The molecule has 2 rings (SSSR count). The molecule has 5 heteroatoms. The van der Waals surface area contributed by atoms with Crippen LogP contribution < -0.4 is 0 Å². The van der Waals surface area contributed by atoms with Gasteiger partial charge in [-0.1, -0.05) is 60.7 Å². The minimum absolute atomic E-state index is 0.718. The predicted molar refractivity (Wildman–Crippen MR) is 70.3 cm³/mol. The molecule has 0 aliphatic heterocycles. The highest BCUT2D eigenvalue weighted by Crippen LogP contribution is 2.26. The molecule has 0 radical (unpaired) electrons. The smallest absolute Gasteiger partial charge is 0.449 e. The van der Waals surface area contributed by atoms with Crippen LogP contribution in [0.15, 0.2) is 60.7 Å². The number of hydrogen-bond donors (Lipinski definition) is 1. The van der Waals surface area contributed by atoms with Gasteiger partial charge in [0.2, 0.25) is 0 Å². The standard InChI is InChI=1S/C15H12O5/c16-14(17)20-15(18)19-13(11-7-3-1-4-8-11)12-9-5-2-6-10-12/h1-10,13H,(H,16,17). The zero-order valence-corrected chi connectivity index (χ0v) is 10.4. The highest BCUT2D eigenvalue weighted by molar-refractivity contribution is 5.76. The quantitative estimate of drug-likeness (QED) is 0.682. The van der Waals surface area contributed by atoms with E-state index in [1.165, 1.54) is 0 Å². The lowest BCUT2D eigenvalue weighted by Crippen LogP contribution is -2.16. The van der Waals surface area contributed by atoms with Crippen LogP contribution in [0.1, 0.15) is 17.2 Å². The molecule has 20 heavy (non-hydrogen) atoms. The normalized spacial score (nSPS) is 10.1. The van der Waals surface area contributed by atoms with Crippen LogP contribution in [0.5, 0.6) is 0 Å². The van der Waals surface area contributed by atoms with Gasteiger partial charge in [0.05, 0.1) is 0 Å². The number of carbonyl (C=O) groups excluding carboxylic acids is 1. The van der Waals surface area contributed by atoms with E-state index < -0.39 is 18.4 Å². The van der Waals surface area contributed by atoms with Crippen molar-refractivity contribution in [2.24, 2.45) is 0 Å². The summed E-state index contributed by atoms with van der Waals surface area (Å²) in [5.41, 5.74) is 1.45. The Balaban J connectivity index is 2.26. The first-order valence-electron chi connectivity index (χ1n) is 5.88. The molecule has 0 aliphatic rings. The lowest BCUT2D eigenvalue weighted by atomic mass is 10.0. The topological polar surface area (TPSA) is 72.8 Å². The summed E-state index contributed by atoms with van der Waals surface area (Å²) in [6.45, 7) is 0. The molecular weight excluding hydrogens is 260 g/mol. The average Bonchev–Trinajstić information content (AvgIpc) is 2.46. The van der Waals surface area contributed by atoms with Gasteiger partial charge in [-0.25, -0.2) is 9.59 Å². The van der Waals surface area contributed by atoms with Gasteiger partial charge in [0.25, 0.3) is 0 Å². The molecule has 0 saturated carbocycles. The maximum Gasteiger partial charge on any atom is 0.519 e. The number of carbonyl (C=O) groups is 2. The summed E-state index contributed by atoms with van der Waals surface area (Å²) < 4.78 is 9.07. The number of ether oxygens (including phenoxy) is 2. The van der Waals surface area contributed by atoms with E-state index in [1.54, 1.807) is 48.5 Å². The summed E-state index contributed by atoms with van der Waals surface area (Å²) in [6, 6.07) is 18.0. The summed E-state index contributed by atoms with van der Waals surface area (Å²) in [7, 11) is 0. The highest BCUT2D eigenvalue weighted by atomic mass is 16.8. The number of carboxylic acid groups (broad SMARTS) is 1. The van der Waals surface area contributed by atoms with Crippen molar-refractivity contribution in [3.63, 3.8) is 0 Å². The number of benzene rings is 2. The summed E-state index contributed by atoms with van der Waals surface area (Å²) in [6.07, 6.45) is -3.67. The first kappa shape index (κ1) is 13.6. The molecule has 0 bridgehead atoms. The van der Waals surface area contributed by atoms with Crippen molar-refractivity contribution in [3.8, 4) is 0 Å². The van der Waals surface area contributed by atoms with Crippen molar-refractivity contribution in [1.82, 2.24) is 0 Å². The van der Waals surface area contributed by atoms with Gasteiger partial charge in [0, 0.05) is 0 Å². The molecule has 2 aromatic rings. The van der Waals surface area contributed by atoms with Gasteiger partial charge in [-0.05, 0) is 11.1 Å². The highest BCUT2D eigenvalue weighted by Gasteiger charge is 2.21. The summed E-state index contributed by atoms with van der Waals surface area (Å²) >= 11 is 0. The molecular formula is C15H12O5. The van der Waals surface area contributed by atoms with E-state index in [0.29, 0.717) is 0 Å². The van der Waals surface area contributed by atoms with Gasteiger partial charge in [0.1, 0.15) is 0 Å². The van der Waals surface area contributed by atoms with Gasteiger partial charge in [-0.3, -0.25) is 0 Å². The molecule has 2 aromatic carbocycles. The summed E-state index contributed by atoms with van der Waals surface area (Å²) in [4.78, 5) is 21.7. The second kappa shape index (κ2) is 6.38. The first-order chi connectivity index (χ1) is 9.66. The zero-order chi connectivity index (χ0) is 14.4. The summed E-state index contributed by atoms with van der Waals surface area (Å²) in [5, 5.41) is 8.41. The molecule has 102 valence electrons. The first-order valence-corrected chi connectivity index (χ1v) is 5.88. The van der Waals surface area contributed by atoms with Crippen molar-refractivity contribution in [1.29, 1.82) is 0 Å². The van der Waals surface area contributed by atoms with Crippen molar-refractivity contribution in [3.05, 3.63) is 71.8 Å². The third-order valence-electron chi connectivity index (χ3n) is 2.59. The molecule has 0 atom stereocenters. The predicted octanol–water partition coefficient (Wildman–Crippen LogP) is 3.61. The Labute approximate surface area is 115 Å². The van der Waals surface area contributed by atoms with Crippen LogP contribution >= 0.6 is 0 Å². The molecule has 0 unspecified atom stereocenters. The van der Waals surface area contributed by atoms with Gasteiger partial charge in [-0.2, -0.15) is 0 Å². The Morgan fingerprint density at radius 1 is 0.850 bits per heavy atom. The van der Waals surface area contributed by atoms with Crippen molar-refractivity contribution in [2.75, 3.05) is 0 Å². The maximum absolute atomic E-state index is 11.4. The second-order valence-electron chi connectivity index (χ2n) is 3.94. The van der Waals surface area contributed by atoms with E-state index in [4.69, 9.17) is 9.84 Å². The largest absolute Gasteiger partial charge is 0.519 e. The Hall–Kier alpha value is -2.82. The minimum atomic E-state index is -1.70. The lowest BCUT2D eigenvalue weighted by molar-refractivity contribution is 0.0379. The SMILES string of the molecule is O=C(O)OC(=O)OC(c1ccccc1)c1ccccc1. The molecule has 0 saturated heterocycles. The van der Waals surface area contributed by atoms with E-state index in [1.807, 2.05) is 12.1 Å². The van der Waals surface area contributed by atoms with E-state index in [2.05, 4.69) is 4.74 Å². The maximum atomic E-state index is 11.4. The monoisotopic (exact) mass is 272 g/mol. The molecule has 5 nitrogen and oxygen atoms in total. The van der Waals surface area contributed by atoms with Crippen molar-refractivity contribution in [2.45, 2.75) is 6.10 Å². The van der Waals surface area contributed by atoms with Crippen molar-refractivity contribution >= 4 is 12.3 Å². The fourth-order valence-corrected chi connectivity index (χ4v) is 1.78. The van der Waals surface area contributed by atoms with E-state index >= 15 is 0 Å². The molecule has 0 aromatic heterocycles. The van der Waals surface area contributed by atoms with E-state index in [9.17, 15) is 9.59 Å². The number of hydrogen-bond acceptors (Lipinski definition) is 4. The van der Waals surface area contributed by atoms with Gasteiger partial charge < -0.3 is 14.6 Å². The van der Waals surface area contributed by atoms with Crippen LogP contribution in [-0.4, -0.2) is 17.4 Å². The van der Waals surface area contributed by atoms with Crippen LogP contribution in [0, 0.1) is 0 Å². The van der Waals surface area contributed by atoms with Crippen LogP contribution in [0.3, 0.4) is 0 Å². The third-order valence-corrected chi connectivity index (χ3v) is 2.59. The zero-order valence-electron chi connectivity index (χ0n) is 10.4. The van der Waals surface area contributed by atoms with Crippen LogP contribution in [0.25, 0.3) is 0 Å². The Bertz CT molecular complexity index is 540. The molecule has 0 spiro atoms. The number of rotatable bonds is 3. The summed E-state index contributed by atoms with van der Waals surface area (Å²) in [5.74, 6) is 0. The molecule has 0 heterocycles. The van der Waals surface area contributed by atoms with Gasteiger partial charge in [0.15, 0.2) is 6.10 Å². The molecule has 0 amide bonds. The Kier molecular flexibility index (Phi) is 4.34. The average molecular weight is 272 g/mol. The minimum Gasteiger partial charge on any atom is -0.449 e. The van der Waals surface area contributed by atoms with Gasteiger partial charge in [-0.15, -0.1) is 0 Å². The third kappa shape index (κ3) is 3.58. The van der Waals surface area contributed by atoms with E-state index in [-0.39, 0.29) is 0 Å².